The molecule has 0 saturated carbocycles. The van der Waals surface area contributed by atoms with Crippen molar-refractivity contribution >= 4 is 16.0 Å². The van der Waals surface area contributed by atoms with Crippen LogP contribution >= 0.6 is 0 Å². The molecule has 1 aromatic heterocycles. The number of nitrogens with zero attached hydrogens (tertiary/aromatic N) is 1. The van der Waals surface area contributed by atoms with Gasteiger partial charge in [-0.1, -0.05) is 18.2 Å². The molecule has 3 N–H and O–H groups in total. The molecular formula is C12H12FN3O4S. The molecule has 0 radical (unpaired) electrons. The first-order valence-corrected chi connectivity index (χ1v) is 7.34. The van der Waals surface area contributed by atoms with Crippen molar-refractivity contribution in [3.05, 3.63) is 47.4 Å². The molecule has 1 aromatic carbocycles. The Morgan fingerprint density at radius 2 is 2.10 bits per heavy atom. The Labute approximate surface area is 119 Å². The van der Waals surface area contributed by atoms with Gasteiger partial charge in [-0.3, -0.25) is 5.10 Å². The van der Waals surface area contributed by atoms with Crippen LogP contribution in [0.3, 0.4) is 0 Å². The number of aromatic amines is 1. The minimum Gasteiger partial charge on any atom is -0.478 e. The number of halogens is 1. The van der Waals surface area contributed by atoms with Gasteiger partial charge in [-0.15, -0.1) is 0 Å². The van der Waals surface area contributed by atoms with Gasteiger partial charge in [-0.05, 0) is 13.0 Å². The highest BCUT2D eigenvalue weighted by molar-refractivity contribution is 7.89. The molecule has 9 heteroatoms. The molecule has 0 aliphatic rings. The van der Waals surface area contributed by atoms with Crippen LogP contribution < -0.4 is 4.72 Å². The van der Waals surface area contributed by atoms with Gasteiger partial charge in [0.15, 0.2) is 5.03 Å². The Hall–Kier alpha value is -2.26. The largest absolute Gasteiger partial charge is 0.478 e. The summed E-state index contributed by atoms with van der Waals surface area (Å²) in [6.07, 6.45) is 0.894. The van der Waals surface area contributed by atoms with E-state index in [2.05, 4.69) is 14.9 Å². The molecule has 0 aliphatic heterocycles. The number of nitrogens with one attached hydrogen (secondary N) is 2. The van der Waals surface area contributed by atoms with Gasteiger partial charge in [0, 0.05) is 11.6 Å². The van der Waals surface area contributed by atoms with E-state index < -0.39 is 38.4 Å². The normalized spacial score (nSPS) is 13.0. The van der Waals surface area contributed by atoms with E-state index in [9.17, 15) is 17.6 Å². The summed E-state index contributed by atoms with van der Waals surface area (Å²) in [5, 5.41) is 13.9. The van der Waals surface area contributed by atoms with Gasteiger partial charge in [0.1, 0.15) is 11.4 Å². The molecule has 1 atom stereocenters. The highest BCUT2D eigenvalue weighted by Crippen LogP contribution is 2.20. The third kappa shape index (κ3) is 3.09. The van der Waals surface area contributed by atoms with E-state index in [-0.39, 0.29) is 5.56 Å². The average Bonchev–Trinajstić information content (AvgIpc) is 2.88. The lowest BCUT2D eigenvalue weighted by molar-refractivity contribution is 0.0692. The van der Waals surface area contributed by atoms with Gasteiger partial charge in [0.05, 0.1) is 6.20 Å². The topological polar surface area (TPSA) is 112 Å². The number of hydrogen-bond acceptors (Lipinski definition) is 4. The maximum atomic E-state index is 13.6. The third-order valence-electron chi connectivity index (χ3n) is 2.81. The lowest BCUT2D eigenvalue weighted by Gasteiger charge is -2.14. The summed E-state index contributed by atoms with van der Waals surface area (Å²) in [4.78, 5) is 10.9. The number of carbonyl (C=O) groups is 1. The van der Waals surface area contributed by atoms with E-state index >= 15 is 0 Å². The van der Waals surface area contributed by atoms with Gasteiger partial charge in [0.2, 0.25) is 0 Å². The first-order valence-electron chi connectivity index (χ1n) is 5.86. The van der Waals surface area contributed by atoms with E-state index in [1.165, 1.54) is 25.1 Å². The first kappa shape index (κ1) is 15.1. The summed E-state index contributed by atoms with van der Waals surface area (Å²) >= 11 is 0. The highest BCUT2D eigenvalue weighted by Gasteiger charge is 2.27. The minimum absolute atomic E-state index is 0.150. The number of carboxylic acids is 1. The molecule has 1 heterocycles. The second-order valence-corrected chi connectivity index (χ2v) is 5.93. The molecule has 0 spiro atoms. The van der Waals surface area contributed by atoms with Gasteiger partial charge in [-0.25, -0.2) is 22.3 Å². The Balaban J connectivity index is 2.32. The molecule has 1 unspecified atom stereocenters. The first-order chi connectivity index (χ1) is 9.83. The predicted molar refractivity (Wildman–Crippen MR) is 70.7 cm³/mol. The van der Waals surface area contributed by atoms with E-state index in [1.807, 2.05) is 0 Å². The zero-order valence-electron chi connectivity index (χ0n) is 10.9. The van der Waals surface area contributed by atoms with E-state index in [0.717, 1.165) is 6.20 Å². The van der Waals surface area contributed by atoms with Crippen LogP contribution in [0.15, 0.2) is 35.5 Å². The molecule has 112 valence electrons. The van der Waals surface area contributed by atoms with Crippen molar-refractivity contribution in [2.75, 3.05) is 0 Å². The molecule has 0 fully saturated rings. The number of carboxylic acid groups (broad SMARTS) is 1. The van der Waals surface area contributed by atoms with Gasteiger partial charge in [-0.2, -0.15) is 5.10 Å². The van der Waals surface area contributed by atoms with E-state index in [4.69, 9.17) is 5.11 Å². The molecule has 21 heavy (non-hydrogen) atoms. The molecule has 0 amide bonds. The van der Waals surface area contributed by atoms with Crippen molar-refractivity contribution in [3.63, 3.8) is 0 Å². The second kappa shape index (κ2) is 5.62. The molecule has 2 rings (SSSR count). The third-order valence-corrected chi connectivity index (χ3v) is 4.32. The zero-order valence-corrected chi connectivity index (χ0v) is 11.7. The zero-order chi connectivity index (χ0) is 15.6. The average molecular weight is 313 g/mol. The predicted octanol–water partition coefficient (Wildman–Crippen LogP) is 1.29. The quantitative estimate of drug-likeness (QED) is 0.770. The number of hydrogen-bond donors (Lipinski definition) is 3. The van der Waals surface area contributed by atoms with Crippen LogP contribution in [0.2, 0.25) is 0 Å². The van der Waals surface area contributed by atoms with Gasteiger partial charge >= 0.3 is 5.97 Å². The number of sulfonamides is 1. The maximum Gasteiger partial charge on any atom is 0.340 e. The van der Waals surface area contributed by atoms with Crippen LogP contribution in [-0.4, -0.2) is 29.7 Å². The maximum absolute atomic E-state index is 13.6. The van der Waals surface area contributed by atoms with Crippen LogP contribution in [-0.2, 0) is 10.0 Å². The Morgan fingerprint density at radius 1 is 1.43 bits per heavy atom. The molecule has 2 aromatic rings. The van der Waals surface area contributed by atoms with Crippen LogP contribution in [0.1, 0.15) is 28.9 Å². The summed E-state index contributed by atoms with van der Waals surface area (Å²) < 4.78 is 40.1. The smallest absolute Gasteiger partial charge is 0.340 e. The van der Waals surface area contributed by atoms with Crippen molar-refractivity contribution in [1.29, 1.82) is 0 Å². The Morgan fingerprint density at radius 3 is 2.71 bits per heavy atom. The molecular weight excluding hydrogens is 301 g/mol. The van der Waals surface area contributed by atoms with Crippen molar-refractivity contribution in [2.45, 2.75) is 18.0 Å². The van der Waals surface area contributed by atoms with Gasteiger partial charge < -0.3 is 5.11 Å². The fourth-order valence-corrected chi connectivity index (χ4v) is 3.13. The minimum atomic E-state index is -4.17. The van der Waals surface area contributed by atoms with Crippen molar-refractivity contribution in [1.82, 2.24) is 14.9 Å². The fourth-order valence-electron chi connectivity index (χ4n) is 1.81. The summed E-state index contributed by atoms with van der Waals surface area (Å²) in [5.74, 6) is -1.99. The second-order valence-electron chi connectivity index (χ2n) is 4.28. The monoisotopic (exact) mass is 313 g/mol. The van der Waals surface area contributed by atoms with Crippen LogP contribution in [0.4, 0.5) is 4.39 Å². The summed E-state index contributed by atoms with van der Waals surface area (Å²) in [6, 6.07) is 4.83. The number of H-pyrrole nitrogens is 1. The summed E-state index contributed by atoms with van der Waals surface area (Å²) in [6.45, 7) is 1.45. The van der Waals surface area contributed by atoms with Crippen LogP contribution in [0.5, 0.6) is 0 Å². The molecule has 0 aliphatic carbocycles. The highest BCUT2D eigenvalue weighted by atomic mass is 32.2. The van der Waals surface area contributed by atoms with Crippen LogP contribution in [0, 0.1) is 5.82 Å². The SMILES string of the molecule is CC(NS(=O)(=O)c1[nH]ncc1C(=O)O)c1ccccc1F. The summed E-state index contributed by atoms with van der Waals surface area (Å²) in [5.41, 5.74) is -0.333. The lowest BCUT2D eigenvalue weighted by atomic mass is 10.1. The number of aromatic nitrogens is 2. The number of benzene rings is 1. The Kier molecular flexibility index (Phi) is 4.05. The number of rotatable bonds is 5. The summed E-state index contributed by atoms with van der Waals surface area (Å²) in [7, 11) is -4.17. The van der Waals surface area contributed by atoms with E-state index in [0.29, 0.717) is 0 Å². The Bertz CT molecular complexity index is 772. The molecule has 7 nitrogen and oxygen atoms in total. The number of aromatic carboxylic acids is 1. The standard InChI is InChI=1S/C12H12FN3O4S/c1-7(8-4-2-3-5-10(8)13)16-21(19,20)11-9(12(17)18)6-14-15-11/h2-7,16H,1H3,(H,14,15)(H,17,18). The van der Waals surface area contributed by atoms with E-state index in [1.54, 1.807) is 6.07 Å². The molecule has 0 bridgehead atoms. The van der Waals surface area contributed by atoms with Crippen molar-refractivity contribution in [2.24, 2.45) is 0 Å². The molecule has 0 saturated heterocycles. The van der Waals surface area contributed by atoms with Crippen molar-refractivity contribution < 1.29 is 22.7 Å². The fraction of sp³-hybridized carbons (Fsp3) is 0.167. The van der Waals surface area contributed by atoms with Crippen molar-refractivity contribution in [3.8, 4) is 0 Å². The van der Waals surface area contributed by atoms with Crippen LogP contribution in [0.25, 0.3) is 0 Å². The lowest BCUT2D eigenvalue weighted by Crippen LogP contribution is -2.29. The van der Waals surface area contributed by atoms with Gasteiger partial charge in [0.25, 0.3) is 10.0 Å².